The summed E-state index contributed by atoms with van der Waals surface area (Å²) in [6.45, 7) is 2.76. The number of hydrogen-bond acceptors (Lipinski definition) is 3. The van der Waals surface area contributed by atoms with Gasteiger partial charge in [0.05, 0.1) is 0 Å². The predicted molar refractivity (Wildman–Crippen MR) is 64.9 cm³/mol. The zero-order chi connectivity index (χ0) is 11.7. The Kier molecular flexibility index (Phi) is 2.81. The van der Waals surface area contributed by atoms with Crippen LogP contribution in [0.5, 0.6) is 0 Å². The number of carbonyl (C=O) groups excluding carboxylic acids is 1. The quantitative estimate of drug-likeness (QED) is 0.809. The minimum absolute atomic E-state index is 0.0563. The standard InChI is InChI=1S/C13H17N3O/c17-13(16-7-9-5-14-6-9)12-4-3-11(8-15-12)10-1-2-10/h3-4,8-10,14H,1-2,5-7H2,(H,16,17). The molecule has 0 bridgehead atoms. The van der Waals surface area contributed by atoms with Gasteiger partial charge in [0.25, 0.3) is 5.91 Å². The second-order valence-electron chi connectivity index (χ2n) is 4.99. The van der Waals surface area contributed by atoms with Gasteiger partial charge in [-0.15, -0.1) is 0 Å². The van der Waals surface area contributed by atoms with Gasteiger partial charge in [0.1, 0.15) is 5.69 Å². The highest BCUT2D eigenvalue weighted by atomic mass is 16.1. The summed E-state index contributed by atoms with van der Waals surface area (Å²) in [7, 11) is 0. The molecular weight excluding hydrogens is 214 g/mol. The molecule has 4 nitrogen and oxygen atoms in total. The molecule has 0 spiro atoms. The predicted octanol–water partition coefficient (Wildman–Crippen LogP) is 0.908. The molecule has 4 heteroatoms. The fourth-order valence-corrected chi connectivity index (χ4v) is 2.02. The Morgan fingerprint density at radius 1 is 1.41 bits per heavy atom. The van der Waals surface area contributed by atoms with E-state index in [2.05, 4.69) is 15.6 Å². The minimum Gasteiger partial charge on any atom is -0.350 e. The van der Waals surface area contributed by atoms with Crippen molar-refractivity contribution in [3.05, 3.63) is 29.6 Å². The molecule has 1 aromatic heterocycles. The second kappa shape index (κ2) is 4.45. The number of carbonyl (C=O) groups is 1. The maximum absolute atomic E-state index is 11.8. The molecule has 0 radical (unpaired) electrons. The maximum atomic E-state index is 11.8. The van der Waals surface area contributed by atoms with Gasteiger partial charge in [0, 0.05) is 31.7 Å². The molecule has 2 fully saturated rings. The summed E-state index contributed by atoms with van der Waals surface area (Å²) in [4.78, 5) is 16.0. The van der Waals surface area contributed by atoms with Crippen molar-refractivity contribution < 1.29 is 4.79 Å². The first-order chi connectivity index (χ1) is 8.33. The highest BCUT2D eigenvalue weighted by Gasteiger charge is 2.24. The van der Waals surface area contributed by atoms with E-state index in [1.807, 2.05) is 18.3 Å². The normalized spacial score (nSPS) is 19.8. The molecule has 1 aromatic rings. The SMILES string of the molecule is O=C(NCC1CNC1)c1ccc(C2CC2)cn1. The molecule has 1 saturated heterocycles. The lowest BCUT2D eigenvalue weighted by molar-refractivity contribution is 0.0937. The molecule has 1 aliphatic heterocycles. The Bertz CT molecular complexity index is 407. The van der Waals surface area contributed by atoms with Crippen LogP contribution in [0.4, 0.5) is 0 Å². The van der Waals surface area contributed by atoms with E-state index in [-0.39, 0.29) is 5.91 Å². The summed E-state index contributed by atoms with van der Waals surface area (Å²) in [5.74, 6) is 1.23. The van der Waals surface area contributed by atoms with Crippen molar-refractivity contribution in [3.8, 4) is 0 Å². The fourth-order valence-electron chi connectivity index (χ4n) is 2.02. The van der Waals surface area contributed by atoms with Gasteiger partial charge in [-0.2, -0.15) is 0 Å². The Morgan fingerprint density at radius 2 is 2.24 bits per heavy atom. The van der Waals surface area contributed by atoms with E-state index >= 15 is 0 Å². The molecule has 90 valence electrons. The first kappa shape index (κ1) is 10.7. The first-order valence-corrected chi connectivity index (χ1v) is 6.28. The lowest BCUT2D eigenvalue weighted by Gasteiger charge is -2.26. The van der Waals surface area contributed by atoms with E-state index in [1.165, 1.54) is 18.4 Å². The third kappa shape index (κ3) is 2.47. The van der Waals surface area contributed by atoms with Crippen molar-refractivity contribution in [1.82, 2.24) is 15.6 Å². The highest BCUT2D eigenvalue weighted by molar-refractivity contribution is 5.92. The zero-order valence-electron chi connectivity index (χ0n) is 9.78. The number of pyridine rings is 1. The van der Waals surface area contributed by atoms with Gasteiger partial charge < -0.3 is 10.6 Å². The van der Waals surface area contributed by atoms with Crippen molar-refractivity contribution in [3.63, 3.8) is 0 Å². The molecule has 17 heavy (non-hydrogen) atoms. The molecule has 0 atom stereocenters. The Labute approximate surface area is 101 Å². The number of rotatable bonds is 4. The molecule has 1 saturated carbocycles. The van der Waals surface area contributed by atoms with Crippen molar-refractivity contribution in [2.45, 2.75) is 18.8 Å². The van der Waals surface area contributed by atoms with Crippen LogP contribution < -0.4 is 10.6 Å². The molecule has 0 unspecified atom stereocenters. The number of aromatic nitrogens is 1. The van der Waals surface area contributed by atoms with Gasteiger partial charge in [-0.1, -0.05) is 6.07 Å². The molecule has 1 aliphatic carbocycles. The summed E-state index contributed by atoms with van der Waals surface area (Å²) >= 11 is 0. The molecule has 3 rings (SSSR count). The van der Waals surface area contributed by atoms with E-state index < -0.39 is 0 Å². The van der Waals surface area contributed by atoms with Crippen molar-refractivity contribution in [2.75, 3.05) is 19.6 Å². The van der Waals surface area contributed by atoms with Gasteiger partial charge in [-0.25, -0.2) is 0 Å². The zero-order valence-corrected chi connectivity index (χ0v) is 9.78. The number of amides is 1. The fraction of sp³-hybridized carbons (Fsp3) is 0.538. The highest BCUT2D eigenvalue weighted by Crippen LogP contribution is 2.39. The number of hydrogen-bond donors (Lipinski definition) is 2. The van der Waals surface area contributed by atoms with Crippen LogP contribution in [0.1, 0.15) is 34.8 Å². The van der Waals surface area contributed by atoms with Crippen LogP contribution in [-0.2, 0) is 0 Å². The first-order valence-electron chi connectivity index (χ1n) is 6.28. The van der Waals surface area contributed by atoms with Gasteiger partial charge in [-0.05, 0) is 30.4 Å². The van der Waals surface area contributed by atoms with Crippen molar-refractivity contribution in [2.24, 2.45) is 5.92 Å². The molecule has 2 aliphatic rings. The van der Waals surface area contributed by atoms with Crippen LogP contribution >= 0.6 is 0 Å². The van der Waals surface area contributed by atoms with Gasteiger partial charge in [0.15, 0.2) is 0 Å². The van der Waals surface area contributed by atoms with Crippen LogP contribution in [0.15, 0.2) is 18.3 Å². The maximum Gasteiger partial charge on any atom is 0.269 e. The Morgan fingerprint density at radius 3 is 2.76 bits per heavy atom. The third-order valence-corrected chi connectivity index (χ3v) is 3.49. The van der Waals surface area contributed by atoms with Crippen LogP contribution in [0.3, 0.4) is 0 Å². The van der Waals surface area contributed by atoms with Crippen LogP contribution in [0.2, 0.25) is 0 Å². The van der Waals surface area contributed by atoms with Gasteiger partial charge >= 0.3 is 0 Å². The van der Waals surface area contributed by atoms with E-state index in [0.717, 1.165) is 19.6 Å². The summed E-state index contributed by atoms with van der Waals surface area (Å²) < 4.78 is 0. The lowest BCUT2D eigenvalue weighted by Crippen LogP contribution is -2.48. The van der Waals surface area contributed by atoms with E-state index in [0.29, 0.717) is 17.5 Å². The van der Waals surface area contributed by atoms with Crippen LogP contribution in [-0.4, -0.2) is 30.5 Å². The van der Waals surface area contributed by atoms with E-state index in [1.54, 1.807) is 0 Å². The summed E-state index contributed by atoms with van der Waals surface area (Å²) in [6, 6.07) is 3.87. The van der Waals surface area contributed by atoms with Gasteiger partial charge in [-0.3, -0.25) is 9.78 Å². The Balaban J connectivity index is 1.56. The monoisotopic (exact) mass is 231 g/mol. The average Bonchev–Trinajstić information content (AvgIpc) is 3.11. The van der Waals surface area contributed by atoms with E-state index in [4.69, 9.17) is 0 Å². The second-order valence-corrected chi connectivity index (χ2v) is 4.99. The molecular formula is C13H17N3O. The smallest absolute Gasteiger partial charge is 0.269 e. The van der Waals surface area contributed by atoms with Crippen molar-refractivity contribution >= 4 is 5.91 Å². The lowest BCUT2D eigenvalue weighted by atomic mass is 10.0. The Hall–Kier alpha value is -1.42. The summed E-state index contributed by atoms with van der Waals surface area (Å²) in [5.41, 5.74) is 1.80. The van der Waals surface area contributed by atoms with Gasteiger partial charge in [0.2, 0.25) is 0 Å². The van der Waals surface area contributed by atoms with E-state index in [9.17, 15) is 4.79 Å². The minimum atomic E-state index is -0.0563. The van der Waals surface area contributed by atoms with Crippen molar-refractivity contribution in [1.29, 1.82) is 0 Å². The molecule has 1 amide bonds. The largest absolute Gasteiger partial charge is 0.350 e. The van der Waals surface area contributed by atoms with Crippen LogP contribution in [0.25, 0.3) is 0 Å². The summed E-state index contributed by atoms with van der Waals surface area (Å²) in [6.07, 6.45) is 4.38. The molecule has 0 aromatic carbocycles. The third-order valence-electron chi connectivity index (χ3n) is 3.49. The average molecular weight is 231 g/mol. The number of nitrogens with one attached hydrogen (secondary N) is 2. The van der Waals surface area contributed by atoms with Crippen LogP contribution in [0, 0.1) is 5.92 Å². The molecule has 2 heterocycles. The number of nitrogens with zero attached hydrogens (tertiary/aromatic N) is 1. The summed E-state index contributed by atoms with van der Waals surface area (Å²) in [5, 5.41) is 6.11. The topological polar surface area (TPSA) is 54.0 Å². The molecule has 2 N–H and O–H groups in total.